The van der Waals surface area contributed by atoms with E-state index in [0.717, 1.165) is 57.8 Å². The summed E-state index contributed by atoms with van der Waals surface area (Å²) in [5, 5.41) is 7.79. The largest absolute Gasteiger partial charge is 0.325 e. The van der Waals surface area contributed by atoms with Gasteiger partial charge >= 0.3 is 6.03 Å². The Morgan fingerprint density at radius 1 is 1.21 bits per heavy atom. The highest BCUT2D eigenvalue weighted by Crippen LogP contribution is 2.42. The van der Waals surface area contributed by atoms with Crippen molar-refractivity contribution in [1.29, 1.82) is 0 Å². The van der Waals surface area contributed by atoms with Gasteiger partial charge in [0.1, 0.15) is 12.1 Å². The maximum Gasteiger partial charge on any atom is 0.325 e. The summed E-state index contributed by atoms with van der Waals surface area (Å²) in [4.78, 5) is 40.9. The molecular weight excluding hydrogens is 386 g/mol. The number of anilines is 1. The molecule has 7 heteroatoms. The summed E-state index contributed by atoms with van der Waals surface area (Å²) in [6, 6.07) is 7.38. The standard InChI is InChI=1S/C22H25N3O3S/c1-3-14-7-5-8-15(4-2)19(14)23-18(26)13-25-20(27)22(24-21(25)28)11-6-9-17-16(22)10-12-29-17/h5,7-8,10,12H,3-4,6,9,11,13H2,1-2H3,(H,23,26)(H,24,28)/t22-/m0/s1. The van der Waals surface area contributed by atoms with Crippen LogP contribution in [-0.2, 0) is 34.4 Å². The van der Waals surface area contributed by atoms with E-state index in [1.807, 2.05) is 43.5 Å². The van der Waals surface area contributed by atoms with Gasteiger partial charge in [-0.2, -0.15) is 0 Å². The minimum Gasteiger partial charge on any atom is -0.324 e. The summed E-state index contributed by atoms with van der Waals surface area (Å²) in [6.07, 6.45) is 3.90. The molecule has 1 aromatic carbocycles. The predicted molar refractivity (Wildman–Crippen MR) is 113 cm³/mol. The third-order valence-corrected chi connectivity index (χ3v) is 6.88. The summed E-state index contributed by atoms with van der Waals surface area (Å²) in [5.74, 6) is -0.681. The minimum atomic E-state index is -1.01. The number of carbonyl (C=O) groups is 3. The molecule has 0 unspecified atom stereocenters. The highest BCUT2D eigenvalue weighted by Gasteiger charge is 2.54. The number of amides is 4. The lowest BCUT2D eigenvalue weighted by Crippen LogP contribution is -2.46. The van der Waals surface area contributed by atoms with Gasteiger partial charge in [-0.25, -0.2) is 4.79 Å². The lowest BCUT2D eigenvalue weighted by atomic mass is 9.80. The second kappa shape index (κ2) is 7.63. The van der Waals surface area contributed by atoms with Gasteiger partial charge in [0.2, 0.25) is 5.91 Å². The van der Waals surface area contributed by atoms with Gasteiger partial charge in [0.15, 0.2) is 0 Å². The molecule has 6 nitrogen and oxygen atoms in total. The third-order valence-electron chi connectivity index (χ3n) is 5.90. The SMILES string of the molecule is CCc1cccc(CC)c1NC(=O)CN1C(=O)N[C@]2(CCCc3sccc32)C1=O. The molecule has 0 radical (unpaired) electrons. The summed E-state index contributed by atoms with van der Waals surface area (Å²) in [7, 11) is 0. The fourth-order valence-corrected chi connectivity index (χ4v) is 5.41. The van der Waals surface area contributed by atoms with Crippen molar-refractivity contribution in [2.24, 2.45) is 0 Å². The minimum absolute atomic E-state index is 0.285. The first-order chi connectivity index (χ1) is 14.0. The van der Waals surface area contributed by atoms with Crippen LogP contribution in [0.3, 0.4) is 0 Å². The van der Waals surface area contributed by atoms with Crippen molar-refractivity contribution >= 4 is 34.9 Å². The molecule has 1 saturated heterocycles. The van der Waals surface area contributed by atoms with Crippen LogP contribution in [0.15, 0.2) is 29.6 Å². The molecule has 1 atom stereocenters. The Balaban J connectivity index is 1.55. The predicted octanol–water partition coefficient (Wildman–Crippen LogP) is 3.60. The summed E-state index contributed by atoms with van der Waals surface area (Å²) in [5.41, 5.74) is 2.76. The van der Waals surface area contributed by atoms with Gasteiger partial charge in [-0.3, -0.25) is 14.5 Å². The molecule has 4 amide bonds. The Hall–Kier alpha value is -2.67. The van der Waals surface area contributed by atoms with Crippen LogP contribution in [0.1, 0.15) is 48.3 Å². The molecule has 29 heavy (non-hydrogen) atoms. The van der Waals surface area contributed by atoms with E-state index in [-0.39, 0.29) is 18.4 Å². The number of aryl methyl sites for hydroxylation is 3. The zero-order valence-electron chi connectivity index (χ0n) is 16.7. The average Bonchev–Trinajstić information content (AvgIpc) is 3.29. The maximum absolute atomic E-state index is 13.3. The van der Waals surface area contributed by atoms with E-state index in [0.29, 0.717) is 6.42 Å². The van der Waals surface area contributed by atoms with E-state index in [9.17, 15) is 14.4 Å². The van der Waals surface area contributed by atoms with Crippen LogP contribution in [0.2, 0.25) is 0 Å². The molecule has 2 aliphatic rings. The van der Waals surface area contributed by atoms with E-state index in [4.69, 9.17) is 0 Å². The van der Waals surface area contributed by atoms with E-state index in [2.05, 4.69) is 10.6 Å². The number of urea groups is 1. The second-order valence-electron chi connectivity index (χ2n) is 7.54. The number of nitrogens with zero attached hydrogens (tertiary/aromatic N) is 1. The summed E-state index contributed by atoms with van der Waals surface area (Å²) >= 11 is 1.61. The molecule has 1 aromatic heterocycles. The lowest BCUT2D eigenvalue weighted by molar-refractivity contribution is -0.134. The smallest absolute Gasteiger partial charge is 0.324 e. The van der Waals surface area contributed by atoms with Gasteiger partial charge < -0.3 is 10.6 Å². The highest BCUT2D eigenvalue weighted by atomic mass is 32.1. The van der Waals surface area contributed by atoms with Gasteiger partial charge in [-0.05, 0) is 54.7 Å². The molecule has 2 aromatic rings. The van der Waals surface area contributed by atoms with Crippen molar-refractivity contribution in [2.75, 3.05) is 11.9 Å². The number of rotatable bonds is 5. The Kier molecular flexibility index (Phi) is 5.17. The van der Waals surface area contributed by atoms with Crippen LogP contribution in [0.5, 0.6) is 0 Å². The number of thiophene rings is 1. The van der Waals surface area contributed by atoms with Crippen LogP contribution in [-0.4, -0.2) is 29.3 Å². The van der Waals surface area contributed by atoms with Crippen molar-refractivity contribution < 1.29 is 14.4 Å². The van der Waals surface area contributed by atoms with Crippen LogP contribution < -0.4 is 10.6 Å². The first kappa shape index (κ1) is 19.6. The molecule has 2 heterocycles. The second-order valence-corrected chi connectivity index (χ2v) is 8.54. The van der Waals surface area contributed by atoms with Crippen molar-refractivity contribution in [3.63, 3.8) is 0 Å². The first-order valence-electron chi connectivity index (χ1n) is 10.1. The number of hydrogen-bond acceptors (Lipinski definition) is 4. The van der Waals surface area contributed by atoms with Crippen LogP contribution in [0, 0.1) is 0 Å². The molecular formula is C22H25N3O3S. The number of para-hydroxylation sites is 1. The van der Waals surface area contributed by atoms with E-state index in [1.54, 1.807) is 11.3 Å². The van der Waals surface area contributed by atoms with Gasteiger partial charge in [0.05, 0.1) is 0 Å². The normalized spacial score (nSPS) is 20.7. The lowest BCUT2D eigenvalue weighted by Gasteiger charge is -2.31. The number of carbonyl (C=O) groups excluding carboxylic acids is 3. The van der Waals surface area contributed by atoms with Crippen molar-refractivity contribution in [2.45, 2.75) is 51.5 Å². The van der Waals surface area contributed by atoms with Crippen LogP contribution >= 0.6 is 11.3 Å². The Bertz CT molecular complexity index is 961. The average molecular weight is 412 g/mol. The van der Waals surface area contributed by atoms with Gasteiger partial charge in [-0.15, -0.1) is 11.3 Å². The van der Waals surface area contributed by atoms with Crippen molar-refractivity contribution in [1.82, 2.24) is 10.2 Å². The monoisotopic (exact) mass is 411 g/mol. The zero-order chi connectivity index (χ0) is 20.6. The van der Waals surface area contributed by atoms with Crippen molar-refractivity contribution in [3.05, 3.63) is 51.2 Å². The van der Waals surface area contributed by atoms with Gasteiger partial charge in [-0.1, -0.05) is 32.0 Å². The van der Waals surface area contributed by atoms with E-state index < -0.39 is 11.6 Å². The Morgan fingerprint density at radius 3 is 2.62 bits per heavy atom. The van der Waals surface area contributed by atoms with E-state index >= 15 is 0 Å². The molecule has 0 saturated carbocycles. The van der Waals surface area contributed by atoms with Gasteiger partial charge in [0.25, 0.3) is 5.91 Å². The van der Waals surface area contributed by atoms with Crippen LogP contribution in [0.4, 0.5) is 10.5 Å². The molecule has 2 N–H and O–H groups in total. The quantitative estimate of drug-likeness (QED) is 0.738. The summed E-state index contributed by atoms with van der Waals surface area (Å²) < 4.78 is 0. The first-order valence-corrected chi connectivity index (χ1v) is 11.0. The number of hydrogen-bond donors (Lipinski definition) is 2. The Labute approximate surface area is 174 Å². The Morgan fingerprint density at radius 2 is 1.93 bits per heavy atom. The number of benzene rings is 1. The fraction of sp³-hybridized carbons (Fsp3) is 0.409. The number of fused-ring (bicyclic) bond motifs is 2. The molecule has 152 valence electrons. The molecule has 1 spiro atoms. The molecule has 1 aliphatic carbocycles. The van der Waals surface area contributed by atoms with E-state index in [1.165, 1.54) is 0 Å². The zero-order valence-corrected chi connectivity index (χ0v) is 17.5. The third kappa shape index (κ3) is 3.23. The topological polar surface area (TPSA) is 78.5 Å². The maximum atomic E-state index is 13.3. The van der Waals surface area contributed by atoms with Crippen molar-refractivity contribution in [3.8, 4) is 0 Å². The molecule has 0 bridgehead atoms. The number of nitrogens with one attached hydrogen (secondary N) is 2. The van der Waals surface area contributed by atoms with Gasteiger partial charge in [0, 0.05) is 16.1 Å². The van der Waals surface area contributed by atoms with Crippen LogP contribution in [0.25, 0.3) is 0 Å². The summed E-state index contributed by atoms with van der Waals surface area (Å²) in [6.45, 7) is 3.79. The molecule has 1 aliphatic heterocycles. The molecule has 4 rings (SSSR count). The highest BCUT2D eigenvalue weighted by molar-refractivity contribution is 7.10. The number of imide groups is 1. The fourth-order valence-electron chi connectivity index (χ4n) is 4.41. The molecule has 1 fully saturated rings.